The van der Waals surface area contributed by atoms with Crippen molar-refractivity contribution in [3.63, 3.8) is 0 Å². The molecule has 0 bridgehead atoms. The van der Waals surface area contributed by atoms with Crippen LogP contribution in [0.4, 0.5) is 5.13 Å². The quantitative estimate of drug-likeness (QED) is 0.877. The molecule has 1 aromatic heterocycles. The number of ether oxygens (including phenoxy) is 1. The molecular weight excluding hydrogens is 238 g/mol. The first-order valence-corrected chi connectivity index (χ1v) is 6.56. The smallest absolute Gasteiger partial charge is 0.248 e. The molecule has 1 saturated heterocycles. The van der Waals surface area contributed by atoms with Crippen LogP contribution >= 0.6 is 11.3 Å². The Morgan fingerprint density at radius 3 is 2.88 bits per heavy atom. The van der Waals surface area contributed by atoms with Gasteiger partial charge in [0.25, 0.3) is 0 Å². The minimum atomic E-state index is 0.0729. The fourth-order valence-electron chi connectivity index (χ4n) is 2.13. The third kappa shape index (κ3) is 2.95. The van der Waals surface area contributed by atoms with Gasteiger partial charge in [-0.05, 0) is 12.8 Å². The molecule has 0 unspecified atom stereocenters. The molecule has 0 spiro atoms. The first kappa shape index (κ1) is 12.3. The molecule has 1 fully saturated rings. The minimum Gasteiger partial charge on any atom is -0.375 e. The average molecular weight is 255 g/mol. The van der Waals surface area contributed by atoms with Gasteiger partial charge in [0.15, 0.2) is 5.13 Å². The molecule has 17 heavy (non-hydrogen) atoms. The van der Waals surface area contributed by atoms with E-state index in [0.717, 1.165) is 31.6 Å². The lowest BCUT2D eigenvalue weighted by Crippen LogP contribution is -2.39. The number of nitrogens with zero attached hydrogens (tertiary/aromatic N) is 2. The molecule has 6 heteroatoms. The van der Waals surface area contributed by atoms with Crippen molar-refractivity contribution in [2.75, 3.05) is 32.5 Å². The summed E-state index contributed by atoms with van der Waals surface area (Å²) >= 11 is 1.48. The van der Waals surface area contributed by atoms with Gasteiger partial charge in [-0.1, -0.05) is 0 Å². The molecular formula is C11H17N3O2S. The van der Waals surface area contributed by atoms with Crippen LogP contribution in [0.1, 0.15) is 24.5 Å². The van der Waals surface area contributed by atoms with E-state index in [1.54, 1.807) is 7.11 Å². The van der Waals surface area contributed by atoms with E-state index >= 15 is 0 Å². The van der Waals surface area contributed by atoms with Crippen LogP contribution < -0.4 is 5.73 Å². The van der Waals surface area contributed by atoms with Crippen molar-refractivity contribution in [1.29, 1.82) is 0 Å². The molecule has 2 rings (SSSR count). The van der Waals surface area contributed by atoms with Gasteiger partial charge in [0.05, 0.1) is 5.69 Å². The molecule has 2 heterocycles. The Kier molecular flexibility index (Phi) is 3.96. The molecule has 5 nitrogen and oxygen atoms in total. The Hall–Kier alpha value is -1.14. The van der Waals surface area contributed by atoms with E-state index in [0.29, 0.717) is 11.0 Å². The summed E-state index contributed by atoms with van der Waals surface area (Å²) in [6, 6.07) is 0. The number of amides is 1. The first-order valence-electron chi connectivity index (χ1n) is 5.68. The fraction of sp³-hybridized carbons (Fsp3) is 0.636. The highest BCUT2D eigenvalue weighted by atomic mass is 32.1. The predicted octanol–water partition coefficient (Wildman–Crippen LogP) is 1.08. The summed E-state index contributed by atoms with van der Waals surface area (Å²) in [7, 11) is 1.54. The number of aromatic nitrogens is 1. The second-order valence-corrected chi connectivity index (χ2v) is 5.09. The Morgan fingerprint density at radius 1 is 1.65 bits per heavy atom. The maximum atomic E-state index is 11.6. The minimum absolute atomic E-state index is 0.0729. The van der Waals surface area contributed by atoms with Gasteiger partial charge in [-0.25, -0.2) is 4.98 Å². The predicted molar refractivity (Wildman–Crippen MR) is 67.0 cm³/mol. The zero-order valence-corrected chi connectivity index (χ0v) is 10.7. The zero-order chi connectivity index (χ0) is 12.3. The molecule has 0 aromatic carbocycles. The van der Waals surface area contributed by atoms with Gasteiger partial charge in [-0.2, -0.15) is 0 Å². The number of rotatable bonds is 3. The monoisotopic (exact) mass is 255 g/mol. The third-order valence-electron chi connectivity index (χ3n) is 3.07. The second kappa shape index (κ2) is 5.46. The van der Waals surface area contributed by atoms with Gasteiger partial charge in [-0.15, -0.1) is 11.3 Å². The number of nitrogen functional groups attached to an aromatic ring is 1. The summed E-state index contributed by atoms with van der Waals surface area (Å²) in [6.07, 6.45) is 1.91. The number of hydrogen-bond acceptors (Lipinski definition) is 5. The number of carbonyl (C=O) groups excluding carboxylic acids is 1. The van der Waals surface area contributed by atoms with Gasteiger partial charge in [-0.3, -0.25) is 4.79 Å². The zero-order valence-electron chi connectivity index (χ0n) is 9.89. The Labute approximate surface area is 105 Å². The lowest BCUT2D eigenvalue weighted by molar-refractivity contribution is -0.136. The Morgan fingerprint density at radius 2 is 2.35 bits per heavy atom. The van der Waals surface area contributed by atoms with Crippen LogP contribution in [-0.2, 0) is 9.53 Å². The number of hydrogen-bond donors (Lipinski definition) is 1. The summed E-state index contributed by atoms with van der Waals surface area (Å²) in [5, 5.41) is 2.64. The maximum absolute atomic E-state index is 11.6. The number of methoxy groups -OCH3 is 1. The number of likely N-dealkylation sites (tertiary alicyclic amines) is 1. The highest BCUT2D eigenvalue weighted by Gasteiger charge is 2.24. The van der Waals surface area contributed by atoms with Crippen LogP contribution in [0.3, 0.4) is 0 Å². The van der Waals surface area contributed by atoms with Gasteiger partial charge in [0.1, 0.15) is 6.61 Å². The fourth-order valence-corrected chi connectivity index (χ4v) is 2.77. The van der Waals surface area contributed by atoms with Crippen molar-refractivity contribution in [1.82, 2.24) is 9.88 Å². The lowest BCUT2D eigenvalue weighted by atomic mass is 9.94. The molecule has 0 aliphatic carbocycles. The number of piperidine rings is 1. The lowest BCUT2D eigenvalue weighted by Gasteiger charge is -2.31. The van der Waals surface area contributed by atoms with E-state index in [1.165, 1.54) is 11.3 Å². The van der Waals surface area contributed by atoms with Crippen LogP contribution in [0, 0.1) is 0 Å². The molecule has 1 aliphatic heterocycles. The van der Waals surface area contributed by atoms with Gasteiger partial charge >= 0.3 is 0 Å². The summed E-state index contributed by atoms with van der Waals surface area (Å²) in [5.74, 6) is 0.513. The Balaban J connectivity index is 1.88. The SMILES string of the molecule is COCC(=O)N1CCC(c2csc(N)n2)CC1. The molecule has 0 atom stereocenters. The van der Waals surface area contributed by atoms with Crippen molar-refractivity contribution in [2.45, 2.75) is 18.8 Å². The van der Waals surface area contributed by atoms with Crippen LogP contribution in [0.5, 0.6) is 0 Å². The van der Waals surface area contributed by atoms with Crippen LogP contribution in [-0.4, -0.2) is 42.6 Å². The van der Waals surface area contributed by atoms with Crippen molar-refractivity contribution >= 4 is 22.4 Å². The summed E-state index contributed by atoms with van der Waals surface area (Å²) in [4.78, 5) is 17.8. The maximum Gasteiger partial charge on any atom is 0.248 e. The summed E-state index contributed by atoms with van der Waals surface area (Å²) in [5.41, 5.74) is 6.70. The summed E-state index contributed by atoms with van der Waals surface area (Å²) in [6.45, 7) is 1.74. The van der Waals surface area contributed by atoms with Crippen LogP contribution in [0.2, 0.25) is 0 Å². The van der Waals surface area contributed by atoms with Crippen LogP contribution in [0.25, 0.3) is 0 Å². The topological polar surface area (TPSA) is 68.5 Å². The number of nitrogens with two attached hydrogens (primary N) is 1. The number of anilines is 1. The van der Waals surface area contributed by atoms with Crippen molar-refractivity contribution in [3.05, 3.63) is 11.1 Å². The normalized spacial score (nSPS) is 17.4. The molecule has 1 aromatic rings. The molecule has 0 saturated carbocycles. The average Bonchev–Trinajstić information content (AvgIpc) is 2.76. The Bertz CT molecular complexity index is 386. The van der Waals surface area contributed by atoms with Gasteiger partial charge < -0.3 is 15.4 Å². The summed E-state index contributed by atoms with van der Waals surface area (Å²) < 4.78 is 4.85. The highest BCUT2D eigenvalue weighted by Crippen LogP contribution is 2.29. The third-order valence-corrected chi connectivity index (χ3v) is 3.77. The van der Waals surface area contributed by atoms with Crippen molar-refractivity contribution in [3.8, 4) is 0 Å². The highest BCUT2D eigenvalue weighted by molar-refractivity contribution is 7.13. The molecule has 0 radical (unpaired) electrons. The van der Waals surface area contributed by atoms with E-state index in [9.17, 15) is 4.79 Å². The molecule has 2 N–H and O–H groups in total. The van der Waals surface area contributed by atoms with Gasteiger partial charge in [0, 0.05) is 31.5 Å². The second-order valence-electron chi connectivity index (χ2n) is 4.20. The van der Waals surface area contributed by atoms with E-state index < -0.39 is 0 Å². The van der Waals surface area contributed by atoms with E-state index in [-0.39, 0.29) is 12.5 Å². The molecule has 1 aliphatic rings. The van der Waals surface area contributed by atoms with Crippen molar-refractivity contribution in [2.24, 2.45) is 0 Å². The van der Waals surface area contributed by atoms with Crippen molar-refractivity contribution < 1.29 is 9.53 Å². The molecule has 1 amide bonds. The van der Waals surface area contributed by atoms with E-state index in [4.69, 9.17) is 10.5 Å². The number of thiazole rings is 1. The number of carbonyl (C=O) groups is 1. The van der Waals surface area contributed by atoms with Crippen LogP contribution in [0.15, 0.2) is 5.38 Å². The largest absolute Gasteiger partial charge is 0.375 e. The first-order chi connectivity index (χ1) is 8.20. The van der Waals surface area contributed by atoms with Gasteiger partial charge in [0.2, 0.25) is 5.91 Å². The van der Waals surface area contributed by atoms with E-state index in [2.05, 4.69) is 4.98 Å². The molecule has 94 valence electrons. The van der Waals surface area contributed by atoms with E-state index in [1.807, 2.05) is 10.3 Å². The standard InChI is InChI=1S/C11H17N3O2S/c1-16-6-10(15)14-4-2-8(3-5-14)9-7-17-11(12)13-9/h7-8H,2-6H2,1H3,(H2,12,13).